The lowest BCUT2D eigenvalue weighted by atomic mass is 10.2. The number of carbonyl (C=O) groups excluding carboxylic acids is 2. The molecule has 7 nitrogen and oxygen atoms in total. The van der Waals surface area contributed by atoms with E-state index in [1.54, 1.807) is 29.2 Å². The Morgan fingerprint density at radius 2 is 2.04 bits per heavy atom. The number of rotatable bonds is 8. The minimum atomic E-state index is -3.07. The first-order valence-corrected chi connectivity index (χ1v) is 10.6. The Hall–Kier alpha value is -2.09. The monoisotopic (exact) mass is 382 g/mol. The highest BCUT2D eigenvalue weighted by Crippen LogP contribution is 2.24. The normalized spacial score (nSPS) is 18.3. The van der Waals surface area contributed by atoms with E-state index in [1.807, 2.05) is 6.92 Å². The van der Waals surface area contributed by atoms with Gasteiger partial charge in [-0.05, 0) is 25.0 Å². The number of amides is 2. The molecule has 0 radical (unpaired) electrons. The molecule has 1 aromatic rings. The van der Waals surface area contributed by atoms with E-state index in [-0.39, 0.29) is 36.0 Å². The molecule has 8 heteroatoms. The molecule has 0 bridgehead atoms. The van der Waals surface area contributed by atoms with Crippen LogP contribution in [0.25, 0.3) is 0 Å². The minimum Gasteiger partial charge on any atom is -0.482 e. The number of hydrogen-bond donors (Lipinski definition) is 1. The van der Waals surface area contributed by atoms with Crippen molar-refractivity contribution in [3.63, 3.8) is 0 Å². The topological polar surface area (TPSA) is 92.8 Å². The summed E-state index contributed by atoms with van der Waals surface area (Å²) in [5, 5.41) is 2.66. The first kappa shape index (κ1) is 20.2. The number of carbonyl (C=O) groups is 2. The molecule has 0 spiro atoms. The Kier molecular flexibility index (Phi) is 7.02. The van der Waals surface area contributed by atoms with Crippen LogP contribution in [0.5, 0.6) is 5.75 Å². The highest BCUT2D eigenvalue weighted by Gasteiger charge is 2.34. The molecule has 1 aliphatic rings. The zero-order valence-electron chi connectivity index (χ0n) is 15.2. The lowest BCUT2D eigenvalue weighted by Crippen LogP contribution is -2.44. The van der Waals surface area contributed by atoms with Crippen LogP contribution < -0.4 is 10.1 Å². The van der Waals surface area contributed by atoms with Crippen LogP contribution >= 0.6 is 0 Å². The van der Waals surface area contributed by atoms with Gasteiger partial charge >= 0.3 is 0 Å². The zero-order chi connectivity index (χ0) is 19.2. The molecule has 2 rings (SSSR count). The fraction of sp³-hybridized carbons (Fsp3) is 0.556. The Balaban J connectivity index is 2.04. The Morgan fingerprint density at radius 1 is 1.31 bits per heavy atom. The molecule has 0 saturated carbocycles. The van der Waals surface area contributed by atoms with Crippen molar-refractivity contribution in [3.05, 3.63) is 24.3 Å². The van der Waals surface area contributed by atoms with Gasteiger partial charge in [0.25, 0.3) is 5.91 Å². The molecule has 0 aliphatic carbocycles. The molecule has 0 unspecified atom stereocenters. The van der Waals surface area contributed by atoms with Crippen LogP contribution in [0.3, 0.4) is 0 Å². The Labute approximate surface area is 154 Å². The van der Waals surface area contributed by atoms with Crippen LogP contribution in [-0.4, -0.2) is 55.8 Å². The maximum absolute atomic E-state index is 12.7. The second-order valence-corrected chi connectivity index (χ2v) is 8.69. The van der Waals surface area contributed by atoms with E-state index in [9.17, 15) is 18.0 Å². The summed E-state index contributed by atoms with van der Waals surface area (Å²) in [5.74, 6) is 0.0851. The van der Waals surface area contributed by atoms with E-state index in [2.05, 4.69) is 5.32 Å². The molecular formula is C18H26N2O5S. The zero-order valence-corrected chi connectivity index (χ0v) is 16.0. The first-order chi connectivity index (χ1) is 12.3. The number of sulfone groups is 1. The molecule has 1 fully saturated rings. The van der Waals surface area contributed by atoms with Crippen molar-refractivity contribution in [3.8, 4) is 5.75 Å². The van der Waals surface area contributed by atoms with Crippen LogP contribution in [0.4, 0.5) is 5.69 Å². The van der Waals surface area contributed by atoms with E-state index in [0.717, 1.165) is 12.8 Å². The minimum absolute atomic E-state index is 0.0188. The van der Waals surface area contributed by atoms with Gasteiger partial charge in [0.2, 0.25) is 5.91 Å². The summed E-state index contributed by atoms with van der Waals surface area (Å²) in [6, 6.07) is 6.60. The molecule has 1 saturated heterocycles. The van der Waals surface area contributed by atoms with Gasteiger partial charge in [0.15, 0.2) is 16.4 Å². The number of nitrogens with one attached hydrogen (secondary N) is 1. The van der Waals surface area contributed by atoms with Crippen LogP contribution in [0.1, 0.15) is 33.1 Å². The van der Waals surface area contributed by atoms with Crippen LogP contribution in [0, 0.1) is 0 Å². The highest BCUT2D eigenvalue weighted by atomic mass is 32.2. The van der Waals surface area contributed by atoms with Gasteiger partial charge in [-0.3, -0.25) is 9.59 Å². The van der Waals surface area contributed by atoms with Gasteiger partial charge in [-0.15, -0.1) is 0 Å². The molecular weight excluding hydrogens is 356 g/mol. The number of nitrogens with zero attached hydrogens (tertiary/aromatic N) is 1. The largest absolute Gasteiger partial charge is 0.482 e. The average molecular weight is 382 g/mol. The van der Waals surface area contributed by atoms with E-state index in [0.29, 0.717) is 24.4 Å². The van der Waals surface area contributed by atoms with Crippen molar-refractivity contribution in [1.82, 2.24) is 4.90 Å². The van der Waals surface area contributed by atoms with E-state index in [4.69, 9.17) is 4.74 Å². The fourth-order valence-corrected chi connectivity index (χ4v) is 4.70. The van der Waals surface area contributed by atoms with Crippen molar-refractivity contribution in [2.75, 3.05) is 30.0 Å². The van der Waals surface area contributed by atoms with Crippen LogP contribution in [0.15, 0.2) is 24.3 Å². The van der Waals surface area contributed by atoms with Gasteiger partial charge in [-0.25, -0.2) is 8.42 Å². The fourth-order valence-electron chi connectivity index (χ4n) is 2.97. The lowest BCUT2D eigenvalue weighted by molar-refractivity contribution is -0.135. The van der Waals surface area contributed by atoms with Gasteiger partial charge in [-0.2, -0.15) is 0 Å². The number of hydrogen-bond acceptors (Lipinski definition) is 5. The third-order valence-electron chi connectivity index (χ3n) is 4.27. The number of anilines is 1. The molecule has 1 N–H and O–H groups in total. The Morgan fingerprint density at radius 3 is 2.65 bits per heavy atom. The third kappa shape index (κ3) is 5.72. The maximum Gasteiger partial charge on any atom is 0.260 e. The van der Waals surface area contributed by atoms with Gasteiger partial charge in [0, 0.05) is 19.5 Å². The maximum atomic E-state index is 12.7. The predicted molar refractivity (Wildman–Crippen MR) is 99.9 cm³/mol. The number of benzene rings is 1. The second kappa shape index (κ2) is 9.02. The number of para-hydroxylation sites is 2. The molecule has 26 heavy (non-hydrogen) atoms. The summed E-state index contributed by atoms with van der Waals surface area (Å²) in [7, 11) is -3.07. The summed E-state index contributed by atoms with van der Waals surface area (Å²) in [4.78, 5) is 25.6. The third-order valence-corrected chi connectivity index (χ3v) is 6.02. The SMILES string of the molecule is CCCCN(C(=O)COc1ccccc1NC(C)=O)[C@H]1CCS(=O)(=O)C1. The second-order valence-electron chi connectivity index (χ2n) is 6.46. The molecule has 144 valence electrons. The van der Waals surface area contributed by atoms with Crippen molar-refractivity contribution in [2.45, 2.75) is 39.2 Å². The summed E-state index contributed by atoms with van der Waals surface area (Å²) < 4.78 is 29.1. The van der Waals surface area contributed by atoms with Crippen molar-refractivity contribution >= 4 is 27.3 Å². The van der Waals surface area contributed by atoms with Crippen molar-refractivity contribution < 1.29 is 22.7 Å². The Bertz CT molecular complexity index is 748. The number of unbranched alkanes of at least 4 members (excludes halogenated alkanes) is 1. The van der Waals surface area contributed by atoms with Crippen molar-refractivity contribution in [1.29, 1.82) is 0 Å². The smallest absolute Gasteiger partial charge is 0.260 e. The van der Waals surface area contributed by atoms with E-state index in [1.165, 1.54) is 6.92 Å². The van der Waals surface area contributed by atoms with Gasteiger partial charge in [-0.1, -0.05) is 25.5 Å². The van der Waals surface area contributed by atoms with Gasteiger partial charge < -0.3 is 15.0 Å². The first-order valence-electron chi connectivity index (χ1n) is 8.81. The van der Waals surface area contributed by atoms with E-state index < -0.39 is 9.84 Å². The van der Waals surface area contributed by atoms with Crippen molar-refractivity contribution in [2.24, 2.45) is 0 Å². The average Bonchev–Trinajstić information content (AvgIpc) is 2.93. The summed E-state index contributed by atoms with van der Waals surface area (Å²) >= 11 is 0. The summed E-state index contributed by atoms with van der Waals surface area (Å²) in [6.45, 7) is 3.74. The quantitative estimate of drug-likeness (QED) is 0.741. The molecule has 1 aliphatic heterocycles. The standard InChI is InChI=1S/C18H26N2O5S/c1-3-4-10-20(15-9-11-26(23,24)13-15)18(22)12-25-17-8-6-5-7-16(17)19-14(2)21/h5-8,15H,3-4,9-13H2,1-2H3,(H,19,21)/t15-/m0/s1. The van der Waals surface area contributed by atoms with Crippen LogP contribution in [0.2, 0.25) is 0 Å². The number of ether oxygens (including phenoxy) is 1. The molecule has 2 amide bonds. The lowest BCUT2D eigenvalue weighted by Gasteiger charge is -2.28. The molecule has 1 aromatic carbocycles. The molecule has 1 atom stereocenters. The van der Waals surface area contributed by atoms with Gasteiger partial charge in [0.1, 0.15) is 5.75 Å². The van der Waals surface area contributed by atoms with Crippen LogP contribution in [-0.2, 0) is 19.4 Å². The highest BCUT2D eigenvalue weighted by molar-refractivity contribution is 7.91. The summed E-state index contributed by atoms with van der Waals surface area (Å²) in [5.41, 5.74) is 0.497. The molecule has 1 heterocycles. The molecule has 0 aromatic heterocycles. The summed E-state index contributed by atoms with van der Waals surface area (Å²) in [6.07, 6.45) is 2.19. The van der Waals surface area contributed by atoms with E-state index >= 15 is 0 Å². The van der Waals surface area contributed by atoms with Gasteiger partial charge in [0.05, 0.1) is 17.2 Å². The predicted octanol–water partition coefficient (Wildman–Crippen LogP) is 1.84.